The number of hydrogen-bond donors (Lipinski definition) is 3. The van der Waals surface area contributed by atoms with E-state index in [-0.39, 0.29) is 11.9 Å². The van der Waals surface area contributed by atoms with Crippen LogP contribution in [0.4, 0.5) is 27.5 Å². The Morgan fingerprint density at radius 3 is 2.14 bits per heavy atom. The first-order valence-corrected chi connectivity index (χ1v) is 12.5. The lowest BCUT2D eigenvalue weighted by molar-refractivity contribution is 0.102. The molecule has 0 unspecified atom stereocenters. The van der Waals surface area contributed by atoms with Crippen LogP contribution < -0.4 is 21.3 Å². The fourth-order valence-electron chi connectivity index (χ4n) is 3.77. The molecule has 3 aromatic carbocycles. The first-order valence-electron chi connectivity index (χ1n) is 12.5. The van der Waals surface area contributed by atoms with Gasteiger partial charge >= 0.3 is 6.03 Å². The summed E-state index contributed by atoms with van der Waals surface area (Å²) in [5.74, 6) is -0.233. The number of anilines is 4. The highest BCUT2D eigenvalue weighted by Gasteiger charge is 2.16. The van der Waals surface area contributed by atoms with Crippen LogP contribution in [0, 0.1) is 0 Å². The van der Waals surface area contributed by atoms with Crippen LogP contribution >= 0.6 is 0 Å². The molecule has 0 saturated heterocycles. The van der Waals surface area contributed by atoms with Crippen LogP contribution in [-0.4, -0.2) is 62.5 Å². The molecule has 0 bridgehead atoms. The number of nitrogens with two attached hydrogens (primary N) is 1. The molecule has 0 atom stereocenters. The highest BCUT2D eigenvalue weighted by molar-refractivity contribution is 6.05. The van der Waals surface area contributed by atoms with Crippen LogP contribution in [0.15, 0.2) is 72.8 Å². The molecule has 3 rings (SSSR count). The van der Waals surface area contributed by atoms with Gasteiger partial charge in [-0.25, -0.2) is 4.79 Å². The van der Waals surface area contributed by atoms with Crippen molar-refractivity contribution in [3.63, 3.8) is 0 Å². The van der Waals surface area contributed by atoms with Crippen molar-refractivity contribution in [1.82, 2.24) is 9.80 Å². The molecule has 0 heterocycles. The third kappa shape index (κ3) is 8.25. The second kappa shape index (κ2) is 13.3. The number of para-hydroxylation sites is 2. The quantitative estimate of drug-likeness (QED) is 0.322. The summed E-state index contributed by atoms with van der Waals surface area (Å²) in [5.41, 5.74) is 10.3. The Balaban J connectivity index is 1.67. The van der Waals surface area contributed by atoms with E-state index in [1.807, 2.05) is 72.4 Å². The van der Waals surface area contributed by atoms with E-state index in [2.05, 4.69) is 29.5 Å². The van der Waals surface area contributed by atoms with Gasteiger partial charge in [-0.1, -0.05) is 31.2 Å². The molecule has 0 spiro atoms. The predicted octanol–water partition coefficient (Wildman–Crippen LogP) is 4.96. The maximum atomic E-state index is 13.2. The van der Waals surface area contributed by atoms with E-state index < -0.39 is 0 Å². The molecule has 3 aromatic rings. The van der Waals surface area contributed by atoms with Gasteiger partial charge < -0.3 is 31.1 Å². The van der Waals surface area contributed by atoms with Crippen LogP contribution in [0.5, 0.6) is 0 Å². The summed E-state index contributed by atoms with van der Waals surface area (Å²) in [6.45, 7) is 5.03. The first-order chi connectivity index (χ1) is 17.8. The average molecular weight is 503 g/mol. The minimum Gasteiger partial charge on any atom is -0.397 e. The van der Waals surface area contributed by atoms with Crippen LogP contribution in [0.1, 0.15) is 29.3 Å². The molecule has 8 heteroatoms. The number of urea groups is 1. The molecule has 4 N–H and O–H groups in total. The Morgan fingerprint density at radius 2 is 1.51 bits per heavy atom. The summed E-state index contributed by atoms with van der Waals surface area (Å²) in [6.07, 6.45) is 0.857. The van der Waals surface area contributed by atoms with Crippen molar-refractivity contribution in [2.75, 3.05) is 62.0 Å². The Bertz CT molecular complexity index is 1160. The van der Waals surface area contributed by atoms with Crippen molar-refractivity contribution < 1.29 is 9.59 Å². The smallest absolute Gasteiger partial charge is 0.322 e. The SMILES string of the molecule is CCN(C)CCCN(Cc1ccc(C(=O)Nc2ccccc2N)cc1)C(=O)Nc1ccc(N(C)C)cc1. The summed E-state index contributed by atoms with van der Waals surface area (Å²) in [5, 5.41) is 5.86. The molecule has 0 radical (unpaired) electrons. The van der Waals surface area contributed by atoms with Crippen LogP contribution in [-0.2, 0) is 6.54 Å². The van der Waals surface area contributed by atoms with Gasteiger partial charge in [-0.2, -0.15) is 0 Å². The molecule has 196 valence electrons. The fourth-order valence-corrected chi connectivity index (χ4v) is 3.77. The Morgan fingerprint density at radius 1 is 0.838 bits per heavy atom. The third-order valence-corrected chi connectivity index (χ3v) is 6.23. The van der Waals surface area contributed by atoms with Crippen LogP contribution in [0.2, 0.25) is 0 Å². The van der Waals surface area contributed by atoms with Gasteiger partial charge in [0, 0.05) is 44.1 Å². The lowest BCUT2D eigenvalue weighted by atomic mass is 10.1. The van der Waals surface area contributed by atoms with E-state index in [1.54, 1.807) is 24.3 Å². The van der Waals surface area contributed by atoms with E-state index >= 15 is 0 Å². The number of nitrogen functional groups attached to an aromatic ring is 1. The van der Waals surface area contributed by atoms with E-state index in [1.165, 1.54) is 0 Å². The normalized spacial score (nSPS) is 10.7. The van der Waals surface area contributed by atoms with E-state index in [0.29, 0.717) is 30.0 Å². The maximum absolute atomic E-state index is 13.2. The molecule has 0 fully saturated rings. The minimum absolute atomic E-state index is 0.155. The molecule has 0 saturated carbocycles. The fraction of sp³-hybridized carbons (Fsp3) is 0.310. The molecular formula is C29H38N6O2. The van der Waals surface area contributed by atoms with Gasteiger partial charge in [0.15, 0.2) is 0 Å². The van der Waals surface area contributed by atoms with Gasteiger partial charge in [0.25, 0.3) is 5.91 Å². The Labute approximate surface area is 220 Å². The zero-order chi connectivity index (χ0) is 26.8. The van der Waals surface area contributed by atoms with Gasteiger partial charge in [-0.15, -0.1) is 0 Å². The number of amides is 3. The number of hydrogen-bond acceptors (Lipinski definition) is 5. The molecule has 8 nitrogen and oxygen atoms in total. The van der Waals surface area contributed by atoms with Gasteiger partial charge in [-0.3, -0.25) is 4.79 Å². The summed E-state index contributed by atoms with van der Waals surface area (Å²) in [6, 6.07) is 22.1. The second-order valence-electron chi connectivity index (χ2n) is 9.28. The largest absolute Gasteiger partial charge is 0.397 e. The van der Waals surface area contributed by atoms with Crippen LogP contribution in [0.25, 0.3) is 0 Å². The standard InChI is InChI=1S/C29H38N6O2/c1-5-34(4)19-8-20-35(29(37)31-24-15-17-25(18-16-24)33(2)3)21-22-11-13-23(14-12-22)28(36)32-27-10-7-6-9-26(27)30/h6-7,9-18H,5,8,19-21,30H2,1-4H3,(H,31,37)(H,32,36). The predicted molar refractivity (Wildman–Crippen MR) is 153 cm³/mol. The van der Waals surface area contributed by atoms with Crippen molar-refractivity contribution in [2.45, 2.75) is 19.9 Å². The molecule has 0 aliphatic rings. The van der Waals surface area contributed by atoms with Gasteiger partial charge in [0.1, 0.15) is 0 Å². The molecular weight excluding hydrogens is 464 g/mol. The molecule has 0 aliphatic carbocycles. The van der Waals surface area contributed by atoms with Crippen molar-refractivity contribution in [3.05, 3.63) is 83.9 Å². The van der Waals surface area contributed by atoms with Crippen LogP contribution in [0.3, 0.4) is 0 Å². The third-order valence-electron chi connectivity index (χ3n) is 6.23. The lowest BCUT2D eigenvalue weighted by Gasteiger charge is -2.25. The van der Waals surface area contributed by atoms with Gasteiger partial charge in [0.2, 0.25) is 0 Å². The highest BCUT2D eigenvalue weighted by atomic mass is 16.2. The molecule has 0 aromatic heterocycles. The van der Waals surface area contributed by atoms with Gasteiger partial charge in [-0.05, 0) is 80.7 Å². The van der Waals surface area contributed by atoms with Crippen molar-refractivity contribution in [1.29, 1.82) is 0 Å². The Kier molecular flexibility index (Phi) is 9.92. The number of nitrogens with one attached hydrogen (secondary N) is 2. The Hall–Kier alpha value is -4.04. The maximum Gasteiger partial charge on any atom is 0.322 e. The molecule has 37 heavy (non-hydrogen) atoms. The average Bonchev–Trinajstić information content (AvgIpc) is 2.89. The van der Waals surface area contributed by atoms with Crippen molar-refractivity contribution >= 4 is 34.7 Å². The number of carbonyl (C=O) groups is 2. The van der Waals surface area contributed by atoms with E-state index in [4.69, 9.17) is 5.73 Å². The summed E-state index contributed by atoms with van der Waals surface area (Å²) in [7, 11) is 6.03. The van der Waals surface area contributed by atoms with Crippen molar-refractivity contribution in [3.8, 4) is 0 Å². The number of rotatable bonds is 11. The second-order valence-corrected chi connectivity index (χ2v) is 9.28. The molecule has 3 amide bonds. The summed E-state index contributed by atoms with van der Waals surface area (Å²) < 4.78 is 0. The zero-order valence-electron chi connectivity index (χ0n) is 22.2. The monoisotopic (exact) mass is 502 g/mol. The lowest BCUT2D eigenvalue weighted by Crippen LogP contribution is -2.36. The summed E-state index contributed by atoms with van der Waals surface area (Å²) >= 11 is 0. The number of carbonyl (C=O) groups excluding carboxylic acids is 2. The topological polar surface area (TPSA) is 93.9 Å². The van der Waals surface area contributed by atoms with E-state index in [0.717, 1.165) is 36.4 Å². The zero-order valence-corrected chi connectivity index (χ0v) is 22.2. The molecule has 0 aliphatic heterocycles. The van der Waals surface area contributed by atoms with E-state index in [9.17, 15) is 9.59 Å². The van der Waals surface area contributed by atoms with Gasteiger partial charge in [0.05, 0.1) is 11.4 Å². The number of benzene rings is 3. The number of nitrogens with zero attached hydrogens (tertiary/aromatic N) is 3. The van der Waals surface area contributed by atoms with Crippen molar-refractivity contribution in [2.24, 2.45) is 0 Å². The minimum atomic E-state index is -0.233. The highest BCUT2D eigenvalue weighted by Crippen LogP contribution is 2.19. The summed E-state index contributed by atoms with van der Waals surface area (Å²) in [4.78, 5) is 31.9. The first kappa shape index (κ1) is 27.5.